The Morgan fingerprint density at radius 2 is 1.90 bits per heavy atom. The number of carbonyl (C=O) groups is 1. The average Bonchev–Trinajstić information content (AvgIpc) is 3.09. The van der Waals surface area contributed by atoms with Crippen LogP contribution in [0.25, 0.3) is 32.6 Å². The van der Waals surface area contributed by atoms with Crippen molar-refractivity contribution < 1.29 is 9.53 Å². The molecule has 5 rings (SSSR count). The smallest absolute Gasteiger partial charge is 0.249 e. The van der Waals surface area contributed by atoms with Gasteiger partial charge >= 0.3 is 0 Å². The molecular weight excluding hydrogens is 384 g/mol. The SMILES string of the molecule is COCc1c[c]c2c3c(C(N)=O)cccc3n(Cc3c(C)ccc4ccccc34)c2c1. The number of ether oxygens (including phenoxy) is 1. The van der Waals surface area contributed by atoms with E-state index in [-0.39, 0.29) is 0 Å². The summed E-state index contributed by atoms with van der Waals surface area (Å²) in [5.74, 6) is -0.430. The number of hydrogen-bond donors (Lipinski definition) is 1. The molecule has 0 unspecified atom stereocenters. The number of nitrogens with two attached hydrogens (primary N) is 1. The Balaban J connectivity index is 1.84. The molecule has 1 heterocycles. The number of aromatic nitrogens is 1. The van der Waals surface area contributed by atoms with Crippen LogP contribution in [0.1, 0.15) is 27.0 Å². The number of methoxy groups -OCH3 is 1. The number of fused-ring (bicyclic) bond motifs is 4. The van der Waals surface area contributed by atoms with Gasteiger partial charge in [-0.1, -0.05) is 42.5 Å². The van der Waals surface area contributed by atoms with Crippen molar-refractivity contribution in [2.75, 3.05) is 7.11 Å². The van der Waals surface area contributed by atoms with Crippen LogP contribution in [0.3, 0.4) is 0 Å². The summed E-state index contributed by atoms with van der Waals surface area (Å²) in [6.07, 6.45) is 0. The van der Waals surface area contributed by atoms with E-state index in [0.29, 0.717) is 18.7 Å². The molecule has 2 N–H and O–H groups in total. The van der Waals surface area contributed by atoms with E-state index >= 15 is 0 Å². The largest absolute Gasteiger partial charge is 0.380 e. The van der Waals surface area contributed by atoms with Gasteiger partial charge in [-0.3, -0.25) is 4.79 Å². The molecule has 0 bridgehead atoms. The lowest BCUT2D eigenvalue weighted by Gasteiger charge is -2.14. The molecule has 4 nitrogen and oxygen atoms in total. The molecule has 31 heavy (non-hydrogen) atoms. The molecule has 0 spiro atoms. The molecule has 1 aromatic heterocycles. The molecule has 1 radical (unpaired) electrons. The number of rotatable bonds is 5. The maximum absolute atomic E-state index is 12.2. The first-order chi connectivity index (χ1) is 15.1. The number of hydrogen-bond acceptors (Lipinski definition) is 2. The number of primary amides is 1. The summed E-state index contributed by atoms with van der Waals surface area (Å²) < 4.78 is 7.61. The normalized spacial score (nSPS) is 11.5. The van der Waals surface area contributed by atoms with Crippen LogP contribution >= 0.6 is 0 Å². The molecule has 0 aliphatic heterocycles. The van der Waals surface area contributed by atoms with Crippen molar-refractivity contribution in [3.63, 3.8) is 0 Å². The summed E-state index contributed by atoms with van der Waals surface area (Å²) in [5.41, 5.74) is 11.8. The lowest BCUT2D eigenvalue weighted by Crippen LogP contribution is -2.11. The summed E-state index contributed by atoms with van der Waals surface area (Å²) in [6, 6.07) is 26.0. The van der Waals surface area contributed by atoms with Gasteiger partial charge in [-0.15, -0.1) is 0 Å². The monoisotopic (exact) mass is 407 g/mol. The fraction of sp³-hybridized carbons (Fsp3) is 0.148. The van der Waals surface area contributed by atoms with Gasteiger partial charge in [-0.2, -0.15) is 0 Å². The average molecular weight is 407 g/mol. The molecule has 0 aliphatic rings. The van der Waals surface area contributed by atoms with Crippen molar-refractivity contribution in [2.24, 2.45) is 5.73 Å². The van der Waals surface area contributed by atoms with Crippen LogP contribution in [0, 0.1) is 13.0 Å². The van der Waals surface area contributed by atoms with E-state index in [4.69, 9.17) is 10.5 Å². The Bertz CT molecular complexity index is 1460. The topological polar surface area (TPSA) is 57.2 Å². The van der Waals surface area contributed by atoms with Gasteiger partial charge in [0.05, 0.1) is 17.6 Å². The zero-order valence-corrected chi connectivity index (χ0v) is 17.6. The standard InChI is InChI=1S/C27H23N2O2/c1-17-10-12-19-6-3-4-7-20(19)23(17)15-29-24-9-5-8-22(27(28)30)26(24)21-13-11-18(16-31-2)14-25(21)29/h3-12,14H,15-16H2,1-2H3,(H2,28,30). The summed E-state index contributed by atoms with van der Waals surface area (Å²) >= 11 is 0. The lowest BCUT2D eigenvalue weighted by molar-refractivity contribution is 0.100. The van der Waals surface area contributed by atoms with E-state index in [1.54, 1.807) is 13.2 Å². The van der Waals surface area contributed by atoms with Crippen LogP contribution in [0.2, 0.25) is 0 Å². The van der Waals surface area contributed by atoms with Crippen molar-refractivity contribution in [2.45, 2.75) is 20.1 Å². The van der Waals surface area contributed by atoms with Crippen molar-refractivity contribution >= 4 is 38.5 Å². The fourth-order valence-corrected chi connectivity index (χ4v) is 4.54. The van der Waals surface area contributed by atoms with E-state index in [1.165, 1.54) is 21.9 Å². The van der Waals surface area contributed by atoms with Gasteiger partial charge in [-0.05, 0) is 64.7 Å². The highest BCUT2D eigenvalue weighted by Gasteiger charge is 2.18. The molecule has 4 aromatic carbocycles. The second-order valence-corrected chi connectivity index (χ2v) is 7.93. The summed E-state index contributed by atoms with van der Waals surface area (Å²) in [7, 11) is 1.68. The molecule has 5 aromatic rings. The van der Waals surface area contributed by atoms with Gasteiger partial charge in [0.25, 0.3) is 0 Å². The van der Waals surface area contributed by atoms with E-state index in [2.05, 4.69) is 60.0 Å². The van der Waals surface area contributed by atoms with Gasteiger partial charge in [0, 0.05) is 30.0 Å². The first-order valence-electron chi connectivity index (χ1n) is 10.3. The van der Waals surface area contributed by atoms with Crippen molar-refractivity contribution in [1.82, 2.24) is 4.57 Å². The maximum Gasteiger partial charge on any atom is 0.249 e. The van der Waals surface area contributed by atoms with E-state index in [1.807, 2.05) is 18.2 Å². The van der Waals surface area contributed by atoms with Crippen molar-refractivity contribution in [3.05, 3.63) is 95.1 Å². The Morgan fingerprint density at radius 1 is 1.06 bits per heavy atom. The molecule has 0 fully saturated rings. The van der Waals surface area contributed by atoms with E-state index in [9.17, 15) is 4.79 Å². The molecule has 0 atom stereocenters. The molecule has 153 valence electrons. The zero-order valence-electron chi connectivity index (χ0n) is 17.6. The van der Waals surface area contributed by atoms with Crippen LogP contribution in [-0.4, -0.2) is 17.6 Å². The van der Waals surface area contributed by atoms with Gasteiger partial charge in [0.1, 0.15) is 0 Å². The highest BCUT2D eigenvalue weighted by molar-refractivity contribution is 6.17. The van der Waals surface area contributed by atoms with Gasteiger partial charge in [-0.25, -0.2) is 0 Å². The number of carbonyl (C=O) groups excluding carboxylic acids is 1. The summed E-state index contributed by atoms with van der Waals surface area (Å²) in [4.78, 5) is 12.2. The predicted molar refractivity (Wildman–Crippen MR) is 125 cm³/mol. The third-order valence-electron chi connectivity index (χ3n) is 6.02. The Morgan fingerprint density at radius 3 is 2.71 bits per heavy atom. The molecule has 0 saturated heterocycles. The van der Waals surface area contributed by atoms with Crippen LogP contribution in [0.4, 0.5) is 0 Å². The predicted octanol–water partition coefficient (Wildman–Crippen LogP) is 5.35. The molecular formula is C27H23N2O2. The van der Waals surface area contributed by atoms with E-state index < -0.39 is 5.91 Å². The first-order valence-corrected chi connectivity index (χ1v) is 10.3. The molecule has 0 aliphatic carbocycles. The van der Waals surface area contributed by atoms with Crippen molar-refractivity contribution in [1.29, 1.82) is 0 Å². The highest BCUT2D eigenvalue weighted by atomic mass is 16.5. The lowest BCUT2D eigenvalue weighted by atomic mass is 9.99. The fourth-order valence-electron chi connectivity index (χ4n) is 4.54. The minimum Gasteiger partial charge on any atom is -0.380 e. The maximum atomic E-state index is 12.2. The minimum absolute atomic E-state index is 0.430. The second kappa shape index (κ2) is 7.56. The van der Waals surface area contributed by atoms with Gasteiger partial charge in [0.15, 0.2) is 0 Å². The number of aryl methyl sites for hydroxylation is 1. The van der Waals surface area contributed by atoms with Crippen LogP contribution in [0.15, 0.2) is 66.7 Å². The second-order valence-electron chi connectivity index (χ2n) is 7.93. The minimum atomic E-state index is -0.430. The van der Waals surface area contributed by atoms with Gasteiger partial charge in [0.2, 0.25) is 5.91 Å². The third kappa shape index (κ3) is 3.16. The van der Waals surface area contributed by atoms with Crippen LogP contribution in [0.5, 0.6) is 0 Å². The Hall–Kier alpha value is -3.63. The third-order valence-corrected chi connectivity index (χ3v) is 6.02. The summed E-state index contributed by atoms with van der Waals surface area (Å²) in [6.45, 7) is 3.33. The zero-order chi connectivity index (χ0) is 21.5. The quantitative estimate of drug-likeness (QED) is 0.427. The van der Waals surface area contributed by atoms with E-state index in [0.717, 1.165) is 27.4 Å². The summed E-state index contributed by atoms with van der Waals surface area (Å²) in [5, 5.41) is 4.21. The van der Waals surface area contributed by atoms with Crippen LogP contribution in [-0.2, 0) is 17.9 Å². The molecule has 0 saturated carbocycles. The van der Waals surface area contributed by atoms with Crippen molar-refractivity contribution in [3.8, 4) is 0 Å². The van der Waals surface area contributed by atoms with Gasteiger partial charge < -0.3 is 15.0 Å². The number of amides is 1. The van der Waals surface area contributed by atoms with Crippen LogP contribution < -0.4 is 5.73 Å². The number of nitrogens with zero attached hydrogens (tertiary/aromatic N) is 1. The number of benzene rings is 4. The molecule has 4 heteroatoms. The molecule has 1 amide bonds. The Kier molecular flexibility index (Phi) is 4.72. The Labute approximate surface area is 180 Å². The first kappa shape index (κ1) is 19.3. The highest BCUT2D eigenvalue weighted by Crippen LogP contribution is 2.34.